The van der Waals surface area contributed by atoms with Crippen LogP contribution >= 0.6 is 11.8 Å². The van der Waals surface area contributed by atoms with Gasteiger partial charge in [0.15, 0.2) is 0 Å². The van der Waals surface area contributed by atoms with E-state index in [2.05, 4.69) is 0 Å². The van der Waals surface area contributed by atoms with E-state index in [1.165, 1.54) is 0 Å². The lowest BCUT2D eigenvalue weighted by molar-refractivity contribution is -0.205. The second-order valence-electron chi connectivity index (χ2n) is 3.72. The van der Waals surface area contributed by atoms with Crippen LogP contribution in [0.25, 0.3) is 0 Å². The highest BCUT2D eigenvalue weighted by Crippen LogP contribution is 2.30. The zero-order chi connectivity index (χ0) is 12.5. The molecule has 0 amide bonds. The summed E-state index contributed by atoms with van der Waals surface area (Å²) in [6.45, 7) is 2.80. The Kier molecular flexibility index (Phi) is 4.24. The minimum atomic E-state index is -1.37. The summed E-state index contributed by atoms with van der Waals surface area (Å²) in [5.74, 6) is 0. The fraction of sp³-hybridized carbons (Fsp3) is 1.00. The molecule has 90 valence electrons. The van der Waals surface area contributed by atoms with Crippen LogP contribution in [0.15, 0.2) is 0 Å². The van der Waals surface area contributed by atoms with Crippen LogP contribution in [0.2, 0.25) is 0 Å². The van der Waals surface area contributed by atoms with Gasteiger partial charge in [0.1, 0.15) is 29.9 Å². The summed E-state index contributed by atoms with van der Waals surface area (Å²) < 4.78 is 12.9. The summed E-state index contributed by atoms with van der Waals surface area (Å²) in [6.07, 6.45) is -4.89. The van der Waals surface area contributed by atoms with Crippen LogP contribution in [0.4, 0.5) is 0 Å². The van der Waals surface area contributed by atoms with Gasteiger partial charge in [-0.25, -0.2) is 0 Å². The Labute approximate surface area is 94.5 Å². The molecule has 0 aromatic heterocycles. The van der Waals surface area contributed by atoms with Crippen molar-refractivity contribution in [1.82, 2.24) is 0 Å². The normalized spacial score (nSPS) is 43.9. The number of aliphatic hydroxyl groups is 4. The fourth-order valence-electron chi connectivity index (χ4n) is 1.40. The molecule has 0 radical (unpaired) electrons. The van der Waals surface area contributed by atoms with Crippen LogP contribution in [0.3, 0.4) is 0 Å². The zero-order valence-corrected chi connectivity index (χ0v) is 9.52. The van der Waals surface area contributed by atoms with Gasteiger partial charge in [0.2, 0.25) is 0 Å². The molecule has 0 bridgehead atoms. The maximum atomic E-state index is 9.66. The highest BCUT2D eigenvalue weighted by molar-refractivity contribution is 8.00. The molecule has 6 heteroatoms. The summed E-state index contributed by atoms with van der Waals surface area (Å²) in [5.41, 5.74) is -0.831. The van der Waals surface area contributed by atoms with Gasteiger partial charge >= 0.3 is 0 Å². The van der Waals surface area contributed by atoms with Crippen molar-refractivity contribution in [2.75, 3.05) is 6.61 Å². The van der Waals surface area contributed by atoms with E-state index < -0.39 is 41.7 Å². The average molecular weight is 239 g/mol. The molecule has 4 N–H and O–H groups in total. The molecule has 0 aromatic carbocycles. The minimum Gasteiger partial charge on any atom is -0.394 e. The first-order valence-electron chi connectivity index (χ1n) is 5.24. The number of ether oxygens (including phenoxy) is 1. The maximum Gasteiger partial charge on any atom is 0.132 e. The first-order valence-corrected chi connectivity index (χ1v) is 5.62. The van der Waals surface area contributed by atoms with Crippen LogP contribution in [0.5, 0.6) is 0 Å². The van der Waals surface area contributed by atoms with Gasteiger partial charge in [0.25, 0.3) is 0 Å². The number of hydrogen-bond donors (Lipinski definition) is 4. The van der Waals surface area contributed by atoms with E-state index in [1.54, 1.807) is 13.8 Å². The predicted molar refractivity (Wildman–Crippen MR) is 56.5 cm³/mol. The van der Waals surface area contributed by atoms with E-state index in [0.717, 1.165) is 11.8 Å². The van der Waals surface area contributed by atoms with Crippen molar-refractivity contribution in [3.8, 4) is 0 Å². The quantitative estimate of drug-likeness (QED) is 0.501. The third-order valence-electron chi connectivity index (χ3n) is 2.20. The van der Waals surface area contributed by atoms with E-state index in [9.17, 15) is 15.3 Å². The van der Waals surface area contributed by atoms with Crippen molar-refractivity contribution >= 4 is 11.8 Å². The Bertz CT molecular complexity index is 232. The zero-order valence-electron chi connectivity index (χ0n) is 9.70. The van der Waals surface area contributed by atoms with Gasteiger partial charge in [0, 0.05) is 6.60 Å². The summed E-state index contributed by atoms with van der Waals surface area (Å²) >= 11 is 1.02. The minimum absolute atomic E-state index is 0.444. The molecule has 15 heavy (non-hydrogen) atoms. The standard InChI is InChI=1S/C9H18O5S/c1-4(2)15-9-8(13)7(12)6(11)5(3-10)14-9/h4-13H,3H2,1-2H3/t5-,6+,7+,8-,9?/m1/s1/i4D. The predicted octanol–water partition coefficient (Wildman–Crippen LogP) is -1.07. The number of aliphatic hydroxyl groups excluding tert-OH is 4. The Morgan fingerprint density at radius 2 is 1.87 bits per heavy atom. The summed E-state index contributed by atoms with van der Waals surface area (Å²) in [6, 6.07) is 0. The second kappa shape index (κ2) is 5.47. The van der Waals surface area contributed by atoms with Crippen LogP contribution < -0.4 is 0 Å². The van der Waals surface area contributed by atoms with Crippen LogP contribution in [-0.4, -0.2) is 62.1 Å². The van der Waals surface area contributed by atoms with Crippen molar-refractivity contribution in [2.45, 2.75) is 48.9 Å². The Morgan fingerprint density at radius 1 is 1.27 bits per heavy atom. The third kappa shape index (κ3) is 3.05. The topological polar surface area (TPSA) is 90.2 Å². The second-order valence-corrected chi connectivity index (χ2v) is 5.24. The highest BCUT2D eigenvalue weighted by atomic mass is 32.2. The lowest BCUT2D eigenvalue weighted by Gasteiger charge is -2.40. The molecule has 5 nitrogen and oxygen atoms in total. The SMILES string of the molecule is [2H]C(C)(C)SC1O[C@H](CO)[C@H](O)[C@H](O)[C@H]1O. The van der Waals surface area contributed by atoms with Gasteiger partial charge in [-0.15, -0.1) is 11.8 Å². The molecular formula is C9H18O5S. The Balaban J connectivity index is 2.71. The molecule has 0 spiro atoms. The van der Waals surface area contributed by atoms with Gasteiger partial charge in [-0.1, -0.05) is 13.8 Å². The molecule has 1 rings (SSSR count). The van der Waals surface area contributed by atoms with Crippen molar-refractivity contribution < 1.29 is 26.5 Å². The largest absolute Gasteiger partial charge is 0.394 e. The van der Waals surface area contributed by atoms with Crippen LogP contribution in [-0.2, 0) is 4.74 Å². The van der Waals surface area contributed by atoms with Crippen molar-refractivity contribution in [2.24, 2.45) is 0 Å². The third-order valence-corrected chi connectivity index (χ3v) is 3.29. The summed E-state index contributed by atoms with van der Waals surface area (Å²) in [7, 11) is 0. The van der Waals surface area contributed by atoms with Gasteiger partial charge in [-0.3, -0.25) is 0 Å². The first-order chi connectivity index (χ1) is 7.26. The van der Waals surface area contributed by atoms with Gasteiger partial charge in [0.05, 0.1) is 6.61 Å². The maximum absolute atomic E-state index is 9.66. The fourth-order valence-corrected chi connectivity index (χ4v) is 2.36. The average Bonchev–Trinajstić information content (AvgIpc) is 2.17. The molecule has 0 saturated carbocycles. The molecule has 1 heterocycles. The smallest absolute Gasteiger partial charge is 0.132 e. The molecule has 1 aliphatic heterocycles. The lowest BCUT2D eigenvalue weighted by Crippen LogP contribution is -2.57. The van der Waals surface area contributed by atoms with E-state index in [4.69, 9.17) is 11.2 Å². The molecule has 0 aromatic rings. The Morgan fingerprint density at radius 3 is 2.33 bits per heavy atom. The summed E-state index contributed by atoms with van der Waals surface area (Å²) in [5, 5.41) is 36.7. The molecule has 1 fully saturated rings. The van der Waals surface area contributed by atoms with Crippen LogP contribution in [0, 0.1) is 0 Å². The monoisotopic (exact) mass is 239 g/mol. The van der Waals surface area contributed by atoms with Gasteiger partial charge in [-0.2, -0.15) is 0 Å². The van der Waals surface area contributed by atoms with Crippen molar-refractivity contribution in [3.05, 3.63) is 0 Å². The van der Waals surface area contributed by atoms with E-state index in [0.29, 0.717) is 0 Å². The molecule has 0 aliphatic carbocycles. The highest BCUT2D eigenvalue weighted by Gasteiger charge is 2.43. The van der Waals surface area contributed by atoms with Crippen molar-refractivity contribution in [3.63, 3.8) is 0 Å². The number of rotatable bonds is 3. The molecule has 1 unspecified atom stereocenters. The lowest BCUT2D eigenvalue weighted by atomic mass is 10.0. The first kappa shape index (κ1) is 11.6. The van der Waals surface area contributed by atoms with Gasteiger partial charge in [-0.05, 0) is 0 Å². The molecular weight excluding hydrogens is 220 g/mol. The molecule has 5 atom stereocenters. The van der Waals surface area contributed by atoms with Crippen LogP contribution in [0.1, 0.15) is 15.2 Å². The van der Waals surface area contributed by atoms with E-state index >= 15 is 0 Å². The number of hydrogen-bond acceptors (Lipinski definition) is 6. The van der Waals surface area contributed by atoms with Crippen molar-refractivity contribution in [1.29, 1.82) is 0 Å². The summed E-state index contributed by atoms with van der Waals surface area (Å²) in [4.78, 5) is 0. The Hall–Kier alpha value is 0.150. The molecule has 1 saturated heterocycles. The van der Waals surface area contributed by atoms with E-state index in [-0.39, 0.29) is 0 Å². The van der Waals surface area contributed by atoms with E-state index in [1.807, 2.05) is 0 Å². The van der Waals surface area contributed by atoms with Gasteiger partial charge < -0.3 is 25.2 Å². The number of thioether (sulfide) groups is 1. The molecule has 1 aliphatic rings.